The Hall–Kier alpha value is -2.26. The molecule has 10 heteroatoms. The van der Waals surface area contributed by atoms with Gasteiger partial charge >= 0.3 is 24.3 Å². The van der Waals surface area contributed by atoms with Crippen LogP contribution in [0.4, 0.5) is 26.3 Å². The molecule has 0 bridgehead atoms. The second-order valence-corrected chi connectivity index (χ2v) is 3.91. The lowest BCUT2D eigenvalue weighted by Gasteiger charge is -2.08. The van der Waals surface area contributed by atoms with Crippen LogP contribution in [-0.4, -0.2) is 30.9 Å². The lowest BCUT2D eigenvalue weighted by Crippen LogP contribution is -2.27. The monoisotopic (exact) mass is 330 g/mol. The van der Waals surface area contributed by atoms with Crippen molar-refractivity contribution in [2.45, 2.75) is 18.8 Å². The smallest absolute Gasteiger partial charge is 0.459 e. The van der Waals surface area contributed by atoms with Crippen molar-refractivity contribution in [3.8, 4) is 5.75 Å². The Kier molecular flexibility index (Phi) is 5.39. The first-order chi connectivity index (χ1) is 10.00. The summed E-state index contributed by atoms with van der Waals surface area (Å²) >= 11 is 0. The molecule has 0 aliphatic rings. The van der Waals surface area contributed by atoms with Crippen molar-refractivity contribution in [2.24, 2.45) is 0 Å². The maximum Gasteiger partial charge on any atom is 0.491 e. The fraction of sp³-hybridized carbons (Fsp3) is 0.333. The predicted molar refractivity (Wildman–Crippen MR) is 58.9 cm³/mol. The van der Waals surface area contributed by atoms with Crippen molar-refractivity contribution >= 4 is 11.9 Å². The lowest BCUT2D eigenvalue weighted by atomic mass is 10.1. The standard InChI is InChI=1S/C12H8F6O4/c13-11(14,15)9(19)21-6-5-7-1-3-8(4-2-7)22-10(20)12(16,17)18/h1-4H,5-6H2. The summed E-state index contributed by atoms with van der Waals surface area (Å²) in [5.41, 5.74) is 0.377. The van der Waals surface area contributed by atoms with E-state index < -0.39 is 30.9 Å². The highest BCUT2D eigenvalue weighted by Crippen LogP contribution is 2.21. The van der Waals surface area contributed by atoms with Crippen LogP contribution in [0, 0.1) is 0 Å². The fourth-order valence-electron chi connectivity index (χ4n) is 1.23. The summed E-state index contributed by atoms with van der Waals surface area (Å²) in [6.45, 7) is -0.556. The molecule has 0 N–H and O–H groups in total. The van der Waals surface area contributed by atoms with Gasteiger partial charge in [-0.1, -0.05) is 12.1 Å². The molecule has 0 saturated heterocycles. The second kappa shape index (κ2) is 6.67. The van der Waals surface area contributed by atoms with Crippen LogP contribution in [0.3, 0.4) is 0 Å². The summed E-state index contributed by atoms with van der Waals surface area (Å²) in [5.74, 6) is -5.10. The molecule has 1 aromatic rings. The zero-order chi connectivity index (χ0) is 17.0. The number of benzene rings is 1. The summed E-state index contributed by atoms with van der Waals surface area (Å²) in [4.78, 5) is 21.0. The molecule has 0 radical (unpaired) electrons. The summed E-state index contributed by atoms with van der Waals surface area (Å²) < 4.78 is 79.3. The van der Waals surface area contributed by atoms with Gasteiger partial charge in [0.2, 0.25) is 0 Å². The number of carbonyl (C=O) groups excluding carboxylic acids is 2. The van der Waals surface area contributed by atoms with E-state index in [1.807, 2.05) is 0 Å². The van der Waals surface area contributed by atoms with E-state index in [-0.39, 0.29) is 12.2 Å². The molecule has 0 aliphatic heterocycles. The van der Waals surface area contributed by atoms with Crippen LogP contribution in [-0.2, 0) is 20.7 Å². The van der Waals surface area contributed by atoms with E-state index in [0.29, 0.717) is 5.56 Å². The largest absolute Gasteiger partial charge is 0.491 e. The molecule has 1 rings (SSSR count). The highest BCUT2D eigenvalue weighted by Gasteiger charge is 2.41. The van der Waals surface area contributed by atoms with Crippen LogP contribution >= 0.6 is 0 Å². The Morgan fingerprint density at radius 3 is 1.82 bits per heavy atom. The number of rotatable bonds is 4. The van der Waals surface area contributed by atoms with E-state index in [1.54, 1.807) is 0 Å². The summed E-state index contributed by atoms with van der Waals surface area (Å²) in [5, 5.41) is 0. The number of esters is 2. The van der Waals surface area contributed by atoms with Crippen LogP contribution in [0.2, 0.25) is 0 Å². The third kappa shape index (κ3) is 5.62. The van der Waals surface area contributed by atoms with Gasteiger partial charge in [0, 0.05) is 6.42 Å². The topological polar surface area (TPSA) is 52.6 Å². The van der Waals surface area contributed by atoms with Gasteiger partial charge in [0.15, 0.2) is 0 Å². The van der Waals surface area contributed by atoms with Gasteiger partial charge in [0.25, 0.3) is 0 Å². The Morgan fingerprint density at radius 2 is 1.36 bits per heavy atom. The maximum absolute atomic E-state index is 11.9. The molecule has 122 valence electrons. The highest BCUT2D eigenvalue weighted by atomic mass is 19.4. The van der Waals surface area contributed by atoms with Crippen molar-refractivity contribution in [1.29, 1.82) is 0 Å². The minimum Gasteiger partial charge on any atom is -0.459 e. The van der Waals surface area contributed by atoms with Crippen LogP contribution in [0.15, 0.2) is 24.3 Å². The average molecular weight is 330 g/mol. The van der Waals surface area contributed by atoms with Crippen molar-refractivity contribution in [3.63, 3.8) is 0 Å². The third-order valence-electron chi connectivity index (χ3n) is 2.22. The van der Waals surface area contributed by atoms with Gasteiger partial charge in [0.05, 0.1) is 6.61 Å². The normalized spacial score (nSPS) is 11.9. The number of carbonyl (C=O) groups is 2. The van der Waals surface area contributed by atoms with Gasteiger partial charge in [-0.15, -0.1) is 0 Å². The van der Waals surface area contributed by atoms with Crippen molar-refractivity contribution in [2.75, 3.05) is 6.61 Å². The molecule has 22 heavy (non-hydrogen) atoms. The van der Waals surface area contributed by atoms with Gasteiger partial charge in [-0.25, -0.2) is 9.59 Å². The minimum atomic E-state index is -5.13. The van der Waals surface area contributed by atoms with Gasteiger partial charge < -0.3 is 9.47 Å². The molecule has 0 unspecified atom stereocenters. The van der Waals surface area contributed by atoms with Crippen LogP contribution in [0.5, 0.6) is 5.75 Å². The maximum atomic E-state index is 11.9. The predicted octanol–water partition coefficient (Wildman–Crippen LogP) is 2.80. The molecule has 0 aromatic heterocycles. The van der Waals surface area contributed by atoms with Crippen molar-refractivity contribution in [3.05, 3.63) is 29.8 Å². The first kappa shape index (κ1) is 17.8. The van der Waals surface area contributed by atoms with E-state index >= 15 is 0 Å². The molecule has 0 spiro atoms. The Labute approximate surface area is 119 Å². The Bertz CT molecular complexity index is 532. The van der Waals surface area contributed by atoms with E-state index in [1.165, 1.54) is 12.1 Å². The molecule has 1 aromatic carbocycles. The van der Waals surface area contributed by atoms with Gasteiger partial charge in [-0.05, 0) is 17.7 Å². The second-order valence-electron chi connectivity index (χ2n) is 3.91. The van der Waals surface area contributed by atoms with E-state index in [9.17, 15) is 35.9 Å². The van der Waals surface area contributed by atoms with Gasteiger partial charge in [-0.2, -0.15) is 26.3 Å². The van der Waals surface area contributed by atoms with E-state index in [4.69, 9.17) is 0 Å². The third-order valence-corrected chi connectivity index (χ3v) is 2.22. The molecule has 0 fully saturated rings. The SMILES string of the molecule is O=C(OCCc1ccc(OC(=O)C(F)(F)F)cc1)C(F)(F)F. The molecule has 4 nitrogen and oxygen atoms in total. The Morgan fingerprint density at radius 1 is 0.864 bits per heavy atom. The van der Waals surface area contributed by atoms with Crippen molar-refractivity contribution in [1.82, 2.24) is 0 Å². The first-order valence-electron chi connectivity index (χ1n) is 5.62. The molecule has 0 heterocycles. The number of ether oxygens (including phenoxy) is 2. The minimum absolute atomic E-state index is 0.0880. The number of halogens is 6. The summed E-state index contributed by atoms with van der Waals surface area (Å²) in [7, 11) is 0. The zero-order valence-corrected chi connectivity index (χ0v) is 10.6. The van der Waals surface area contributed by atoms with E-state index in [2.05, 4.69) is 9.47 Å². The average Bonchev–Trinajstić information content (AvgIpc) is 2.38. The molecular formula is C12H8F6O4. The Balaban J connectivity index is 2.49. The first-order valence-corrected chi connectivity index (χ1v) is 5.62. The summed E-state index contributed by atoms with van der Waals surface area (Å²) in [6, 6.07) is 4.51. The highest BCUT2D eigenvalue weighted by molar-refractivity contribution is 5.78. The van der Waals surface area contributed by atoms with Crippen LogP contribution in [0.25, 0.3) is 0 Å². The number of hydrogen-bond acceptors (Lipinski definition) is 4. The van der Waals surface area contributed by atoms with Crippen LogP contribution in [0.1, 0.15) is 5.56 Å². The van der Waals surface area contributed by atoms with Crippen molar-refractivity contribution < 1.29 is 45.4 Å². The molecule has 0 amide bonds. The van der Waals surface area contributed by atoms with E-state index in [0.717, 1.165) is 12.1 Å². The molecule has 0 aliphatic carbocycles. The molecule has 0 atom stereocenters. The van der Waals surface area contributed by atoms with Crippen LogP contribution < -0.4 is 4.74 Å². The lowest BCUT2D eigenvalue weighted by molar-refractivity contribution is -0.199. The number of alkyl halides is 6. The van der Waals surface area contributed by atoms with Gasteiger partial charge in [0.1, 0.15) is 5.75 Å². The zero-order valence-electron chi connectivity index (χ0n) is 10.6. The molecular weight excluding hydrogens is 322 g/mol. The van der Waals surface area contributed by atoms with Gasteiger partial charge in [-0.3, -0.25) is 0 Å². The molecule has 0 saturated carbocycles. The fourth-order valence-corrected chi connectivity index (χ4v) is 1.23. The summed E-state index contributed by atoms with van der Waals surface area (Å²) in [6.07, 6.45) is -10.3. The quantitative estimate of drug-likeness (QED) is 0.484. The number of hydrogen-bond donors (Lipinski definition) is 0.